The third-order valence-electron chi connectivity index (χ3n) is 19.6. The molecule has 0 bridgehead atoms. The third kappa shape index (κ3) is 11.6. The molecule has 444 valence electrons. The number of rotatable bonds is 9. The Labute approximate surface area is 526 Å². The Kier molecular flexibility index (Phi) is 15.3. The highest BCUT2D eigenvalue weighted by molar-refractivity contribution is 7.00. The number of hydrogen-bond donors (Lipinski definition) is 0. The van der Waals surface area contributed by atoms with Gasteiger partial charge in [0.05, 0.1) is 27.5 Å². The molecule has 12 rings (SSSR count). The van der Waals surface area contributed by atoms with E-state index >= 15 is 0 Å². The van der Waals surface area contributed by atoms with E-state index < -0.39 is 16.1 Å². The summed E-state index contributed by atoms with van der Waals surface area (Å²) in [6, 6.07) is 73.5. The largest absolute Gasteiger partial charge is 0.311 e. The lowest BCUT2D eigenvalue weighted by molar-refractivity contribution is 0.444. The fraction of sp³-hybridized carbons (Fsp3) is 0.341. The van der Waals surface area contributed by atoms with Crippen LogP contribution < -0.4 is 36.6 Å². The summed E-state index contributed by atoms with van der Waals surface area (Å²) in [5, 5.41) is 2.96. The van der Waals surface area contributed by atoms with E-state index in [2.05, 4.69) is 314 Å². The maximum Gasteiger partial charge on any atom is 0.252 e. The maximum atomic E-state index is 2.75. The van der Waals surface area contributed by atoms with E-state index in [1.165, 1.54) is 165 Å². The van der Waals surface area contributed by atoms with Crippen molar-refractivity contribution in [2.45, 2.75) is 182 Å². The Morgan fingerprint density at radius 1 is 0.333 bits per heavy atom. The summed E-state index contributed by atoms with van der Waals surface area (Å²) < 4.78 is 0. The van der Waals surface area contributed by atoms with Crippen LogP contribution in [0.25, 0.3) is 44.5 Å². The molecule has 0 amide bonds. The molecule has 0 radical (unpaired) electrons. The van der Waals surface area contributed by atoms with Gasteiger partial charge in [-0.25, -0.2) is 0 Å². The molecule has 87 heavy (non-hydrogen) atoms. The molecule has 2 heterocycles. The highest BCUT2D eigenvalue weighted by Crippen LogP contribution is 2.52. The molecule has 0 atom stereocenters. The predicted octanol–water partition coefficient (Wildman–Crippen LogP) is 20.8. The van der Waals surface area contributed by atoms with Gasteiger partial charge in [-0.2, -0.15) is 0 Å². The normalized spacial score (nSPS) is 14.9. The minimum Gasteiger partial charge on any atom is -0.311 e. The molecule has 1 saturated carbocycles. The molecule has 1 fully saturated rings. The first-order valence-electron chi connectivity index (χ1n) is 32.7. The van der Waals surface area contributed by atoms with Crippen molar-refractivity contribution in [2.75, 3.05) is 9.80 Å². The van der Waals surface area contributed by atoms with E-state index in [1.54, 1.807) is 0 Å². The van der Waals surface area contributed by atoms with Crippen molar-refractivity contribution in [2.24, 2.45) is 0 Å². The summed E-state index contributed by atoms with van der Waals surface area (Å²) in [5.41, 5.74) is 28.4. The fourth-order valence-electron chi connectivity index (χ4n) is 14.0. The monoisotopic (exact) mass is 1170 g/mol. The zero-order valence-electron chi connectivity index (χ0n) is 55.9. The zero-order chi connectivity index (χ0) is 61.9. The maximum absolute atomic E-state index is 2.75. The smallest absolute Gasteiger partial charge is 0.252 e. The van der Waals surface area contributed by atoms with Crippen LogP contribution in [0.1, 0.15) is 149 Å². The van der Waals surface area contributed by atoms with Gasteiger partial charge in [0.15, 0.2) is 0 Å². The lowest BCUT2D eigenvalue weighted by Gasteiger charge is -2.46. The molecule has 0 unspecified atom stereocenters. The van der Waals surface area contributed by atoms with Crippen LogP contribution in [0.15, 0.2) is 182 Å². The van der Waals surface area contributed by atoms with Crippen molar-refractivity contribution in [3.63, 3.8) is 0 Å². The van der Waals surface area contributed by atoms with Crippen molar-refractivity contribution >= 4 is 83.7 Å². The molecule has 5 heteroatoms. The minimum atomic E-state index is -1.64. The van der Waals surface area contributed by atoms with Crippen LogP contribution in [0.2, 0.25) is 39.3 Å². The Balaban J connectivity index is 1.22. The van der Waals surface area contributed by atoms with Gasteiger partial charge >= 0.3 is 0 Å². The first-order valence-corrected chi connectivity index (χ1v) is 39.7. The van der Waals surface area contributed by atoms with Crippen molar-refractivity contribution in [3.05, 3.63) is 210 Å². The van der Waals surface area contributed by atoms with Crippen molar-refractivity contribution < 1.29 is 0 Å². The van der Waals surface area contributed by atoms with E-state index in [9.17, 15) is 0 Å². The topological polar surface area (TPSA) is 6.48 Å². The summed E-state index contributed by atoms with van der Waals surface area (Å²) in [5.74, 6) is 0.442. The first-order chi connectivity index (χ1) is 40.9. The van der Waals surface area contributed by atoms with E-state index in [0.717, 1.165) is 0 Å². The van der Waals surface area contributed by atoms with Crippen LogP contribution in [0.4, 0.5) is 34.1 Å². The van der Waals surface area contributed by atoms with Crippen LogP contribution >= 0.6 is 0 Å². The SMILES string of the molecule is CC(C)(C)c1ccc(-c2cc(C(C)(C)C)ccc2N2c3cc(-c4cccc([Si](C)(C)C)c4)ccc3B3c4ccc(-c5cccc([Si](C)(C)C)c5)cc4N(c4ccc(C(C)(C)C)cc4-c4ccc(C(C)(C)C)cc4)c4cc(C5CCCCC5)cc2c43)cc1. The average molecular weight is 1180 g/mol. The van der Waals surface area contributed by atoms with Gasteiger partial charge in [0.2, 0.25) is 0 Å². The Bertz CT molecular complexity index is 3830. The molecule has 0 spiro atoms. The molecule has 0 aromatic heterocycles. The second-order valence-corrected chi connectivity index (χ2v) is 42.4. The van der Waals surface area contributed by atoms with Gasteiger partial charge in [-0.15, -0.1) is 0 Å². The molecule has 0 N–H and O–H groups in total. The van der Waals surface area contributed by atoms with Crippen molar-refractivity contribution in [1.82, 2.24) is 0 Å². The summed E-state index contributed by atoms with van der Waals surface area (Å²) in [6.45, 7) is 42.9. The highest BCUT2D eigenvalue weighted by atomic mass is 28.3. The molecule has 2 aliphatic heterocycles. The molecular weight excluding hydrogens is 1080 g/mol. The second-order valence-electron chi connectivity index (χ2n) is 32.2. The number of anilines is 6. The van der Waals surface area contributed by atoms with Crippen LogP contribution in [-0.4, -0.2) is 22.9 Å². The van der Waals surface area contributed by atoms with E-state index in [1.807, 2.05) is 0 Å². The van der Waals surface area contributed by atoms with Crippen LogP contribution in [-0.2, 0) is 21.7 Å². The molecule has 2 nitrogen and oxygen atoms in total. The van der Waals surface area contributed by atoms with Gasteiger partial charge in [-0.1, -0.05) is 285 Å². The van der Waals surface area contributed by atoms with Gasteiger partial charge in [-0.3, -0.25) is 0 Å². The molecule has 9 aromatic rings. The lowest BCUT2D eigenvalue weighted by atomic mass is 9.33. The summed E-state index contributed by atoms with van der Waals surface area (Å²) >= 11 is 0. The molecule has 9 aromatic carbocycles. The predicted molar refractivity (Wildman–Crippen MR) is 389 cm³/mol. The molecule has 0 saturated heterocycles. The first kappa shape index (κ1) is 60.4. The Morgan fingerprint density at radius 3 is 1.06 bits per heavy atom. The second kappa shape index (κ2) is 22.0. The van der Waals surface area contributed by atoms with Gasteiger partial charge in [0, 0.05) is 33.9 Å². The summed E-state index contributed by atoms with van der Waals surface area (Å²) in [7, 11) is -3.28. The van der Waals surface area contributed by atoms with Gasteiger partial charge < -0.3 is 9.80 Å². The number of hydrogen-bond acceptors (Lipinski definition) is 2. The Hall–Kier alpha value is -6.92. The lowest BCUT2D eigenvalue weighted by Crippen LogP contribution is -2.61. The van der Waals surface area contributed by atoms with Crippen LogP contribution in [0.5, 0.6) is 0 Å². The third-order valence-corrected chi connectivity index (χ3v) is 23.7. The summed E-state index contributed by atoms with van der Waals surface area (Å²) in [4.78, 5) is 5.49. The minimum absolute atomic E-state index is 0.0288. The van der Waals surface area contributed by atoms with Crippen LogP contribution in [0.3, 0.4) is 0 Å². The average Bonchev–Trinajstić information content (AvgIpc) is 0.699. The number of benzene rings is 9. The van der Waals surface area contributed by atoms with Gasteiger partial charge in [-0.05, 0) is 167 Å². The highest BCUT2D eigenvalue weighted by Gasteiger charge is 2.45. The van der Waals surface area contributed by atoms with Gasteiger partial charge in [0.1, 0.15) is 0 Å². The number of fused-ring (bicyclic) bond motifs is 4. The van der Waals surface area contributed by atoms with Crippen molar-refractivity contribution in [3.8, 4) is 44.5 Å². The quantitative estimate of drug-likeness (QED) is 0.133. The summed E-state index contributed by atoms with van der Waals surface area (Å²) in [6.07, 6.45) is 6.20. The standard InChI is InChI=1S/C82H95BN2Si2/c1-79(2,3)62-36-30-55(31-37-62)68-52-64(81(7,8)9)40-44-72(68)84-74-48-59(57-26-22-28-66(46-57)86(13,14)15)34-42-70(74)83-71-43-35-60(58-27-23-29-67(47-58)87(16,17)18)49-75(71)85(77-51-61(50-76(84)78(77)83)54-24-20-19-21-25-54)73-45-41-65(82(10,11)12)53-69(73)56-32-38-63(39-33-56)80(4,5)6/h22-23,26-54H,19-21,24-25H2,1-18H3. The van der Waals surface area contributed by atoms with Crippen LogP contribution in [0, 0.1) is 0 Å². The van der Waals surface area contributed by atoms with E-state index in [-0.39, 0.29) is 28.4 Å². The molecule has 3 aliphatic rings. The van der Waals surface area contributed by atoms with Gasteiger partial charge in [0.25, 0.3) is 6.71 Å². The zero-order valence-corrected chi connectivity index (χ0v) is 57.9. The van der Waals surface area contributed by atoms with E-state index in [0.29, 0.717) is 5.92 Å². The molecular formula is C82H95BN2Si2. The van der Waals surface area contributed by atoms with E-state index in [4.69, 9.17) is 0 Å². The van der Waals surface area contributed by atoms with Crippen molar-refractivity contribution in [1.29, 1.82) is 0 Å². The fourth-order valence-corrected chi connectivity index (χ4v) is 16.4. The number of nitrogens with zero attached hydrogens (tertiary/aromatic N) is 2. The molecule has 1 aliphatic carbocycles. The Morgan fingerprint density at radius 2 is 0.690 bits per heavy atom.